The van der Waals surface area contributed by atoms with Crippen LogP contribution in [0.3, 0.4) is 0 Å². The quantitative estimate of drug-likeness (QED) is 0.691. The fourth-order valence-corrected chi connectivity index (χ4v) is 1.29. The van der Waals surface area contributed by atoms with Crippen molar-refractivity contribution in [3.05, 3.63) is 29.8 Å². The van der Waals surface area contributed by atoms with E-state index >= 15 is 0 Å². The molecular weight excluding hydrogens is 242 g/mol. The van der Waals surface area contributed by atoms with Crippen LogP contribution in [-0.2, 0) is 11.3 Å². The molecule has 0 aliphatic rings. The second-order valence-electron chi connectivity index (χ2n) is 3.36. The number of nitrogens with one attached hydrogen (secondary N) is 1. The van der Waals surface area contributed by atoms with Gasteiger partial charge in [-0.15, -0.1) is 12.4 Å². The van der Waals surface area contributed by atoms with Crippen molar-refractivity contribution in [2.75, 3.05) is 33.5 Å². The first-order chi connectivity index (χ1) is 7.86. The summed E-state index contributed by atoms with van der Waals surface area (Å²) in [7, 11) is 1.66. The van der Waals surface area contributed by atoms with Crippen LogP contribution in [-0.4, -0.2) is 38.6 Å². The molecule has 0 saturated carbocycles. The van der Waals surface area contributed by atoms with Gasteiger partial charge in [0.15, 0.2) is 0 Å². The lowest BCUT2D eigenvalue weighted by atomic mass is 10.2. The molecule has 1 aromatic carbocycles. The van der Waals surface area contributed by atoms with Crippen molar-refractivity contribution >= 4 is 12.4 Å². The molecule has 0 bridgehead atoms. The summed E-state index contributed by atoms with van der Waals surface area (Å²) >= 11 is 0. The van der Waals surface area contributed by atoms with Crippen molar-refractivity contribution in [2.45, 2.75) is 6.54 Å². The molecule has 4 nitrogen and oxygen atoms in total. The Morgan fingerprint density at radius 3 is 2.47 bits per heavy atom. The minimum atomic E-state index is 0. The summed E-state index contributed by atoms with van der Waals surface area (Å²) in [6, 6.07) is 7.94. The molecule has 1 rings (SSSR count). The Morgan fingerprint density at radius 1 is 1.18 bits per heavy atom. The van der Waals surface area contributed by atoms with Crippen LogP contribution in [0.4, 0.5) is 0 Å². The molecule has 0 unspecified atom stereocenters. The molecule has 0 amide bonds. The van der Waals surface area contributed by atoms with Gasteiger partial charge < -0.3 is 19.9 Å². The van der Waals surface area contributed by atoms with Gasteiger partial charge in [-0.3, -0.25) is 0 Å². The third kappa shape index (κ3) is 7.18. The molecule has 2 N–H and O–H groups in total. The molecular formula is C12H20ClNO3. The summed E-state index contributed by atoms with van der Waals surface area (Å²) in [5.41, 5.74) is 1.21. The van der Waals surface area contributed by atoms with Crippen LogP contribution in [0.1, 0.15) is 5.56 Å². The molecule has 0 atom stereocenters. The molecule has 98 valence electrons. The number of ether oxygens (including phenoxy) is 2. The van der Waals surface area contributed by atoms with E-state index in [-0.39, 0.29) is 19.0 Å². The summed E-state index contributed by atoms with van der Waals surface area (Å²) in [6.45, 7) is 2.71. The van der Waals surface area contributed by atoms with E-state index in [1.54, 1.807) is 7.11 Å². The van der Waals surface area contributed by atoms with Crippen LogP contribution in [0, 0.1) is 0 Å². The zero-order valence-electron chi connectivity index (χ0n) is 10.0. The molecule has 0 aliphatic carbocycles. The highest BCUT2D eigenvalue weighted by Crippen LogP contribution is 2.10. The topological polar surface area (TPSA) is 50.7 Å². The Bertz CT molecular complexity index is 280. The smallest absolute Gasteiger partial charge is 0.118 e. The van der Waals surface area contributed by atoms with Crippen LogP contribution < -0.4 is 10.1 Å². The predicted octanol–water partition coefficient (Wildman–Crippen LogP) is 1.22. The maximum Gasteiger partial charge on any atom is 0.118 e. The Kier molecular flexibility index (Phi) is 9.86. The summed E-state index contributed by atoms with van der Waals surface area (Å²) in [6.07, 6.45) is 0. The molecule has 0 aliphatic heterocycles. The molecule has 0 fully saturated rings. The predicted molar refractivity (Wildman–Crippen MR) is 69.9 cm³/mol. The van der Waals surface area contributed by atoms with Crippen molar-refractivity contribution in [2.24, 2.45) is 0 Å². The maximum absolute atomic E-state index is 8.49. The van der Waals surface area contributed by atoms with E-state index < -0.39 is 0 Å². The zero-order chi connectivity index (χ0) is 11.6. The van der Waals surface area contributed by atoms with E-state index in [1.807, 2.05) is 24.3 Å². The van der Waals surface area contributed by atoms with Gasteiger partial charge in [0.1, 0.15) is 5.75 Å². The van der Waals surface area contributed by atoms with Crippen molar-refractivity contribution in [3.8, 4) is 5.75 Å². The van der Waals surface area contributed by atoms with Gasteiger partial charge in [-0.2, -0.15) is 0 Å². The van der Waals surface area contributed by atoms with Gasteiger partial charge in [0.25, 0.3) is 0 Å². The van der Waals surface area contributed by atoms with Crippen LogP contribution in [0.15, 0.2) is 24.3 Å². The van der Waals surface area contributed by atoms with E-state index in [0.29, 0.717) is 13.2 Å². The van der Waals surface area contributed by atoms with Crippen LogP contribution in [0.2, 0.25) is 0 Å². The highest BCUT2D eigenvalue weighted by atomic mass is 35.5. The van der Waals surface area contributed by atoms with Crippen molar-refractivity contribution < 1.29 is 14.6 Å². The number of halogens is 1. The average molecular weight is 262 g/mol. The Labute approximate surface area is 108 Å². The standard InChI is InChI=1S/C12H19NO3.ClH/c1-15-12-4-2-11(3-5-12)10-13-6-8-16-9-7-14;/h2-5,13-14H,6-10H2,1H3;1H. The van der Waals surface area contributed by atoms with E-state index in [1.165, 1.54) is 5.56 Å². The van der Waals surface area contributed by atoms with Gasteiger partial charge in [0.05, 0.1) is 26.9 Å². The summed E-state index contributed by atoms with van der Waals surface area (Å²) in [5.74, 6) is 0.870. The number of methoxy groups -OCH3 is 1. The lowest BCUT2D eigenvalue weighted by Crippen LogP contribution is -2.19. The molecule has 0 heterocycles. The first-order valence-corrected chi connectivity index (χ1v) is 5.39. The molecule has 1 aromatic rings. The first-order valence-electron chi connectivity index (χ1n) is 5.39. The lowest BCUT2D eigenvalue weighted by Gasteiger charge is -2.06. The molecule has 0 radical (unpaired) electrons. The third-order valence-corrected chi connectivity index (χ3v) is 2.15. The fraction of sp³-hybridized carbons (Fsp3) is 0.500. The molecule has 5 heteroatoms. The largest absolute Gasteiger partial charge is 0.497 e. The van der Waals surface area contributed by atoms with E-state index in [9.17, 15) is 0 Å². The third-order valence-electron chi connectivity index (χ3n) is 2.15. The number of rotatable bonds is 8. The van der Waals surface area contributed by atoms with Gasteiger partial charge in [0, 0.05) is 13.1 Å². The van der Waals surface area contributed by atoms with E-state index in [0.717, 1.165) is 18.8 Å². The van der Waals surface area contributed by atoms with Crippen LogP contribution in [0.25, 0.3) is 0 Å². The monoisotopic (exact) mass is 261 g/mol. The lowest BCUT2D eigenvalue weighted by molar-refractivity contribution is 0.0938. The van der Waals surface area contributed by atoms with Gasteiger partial charge >= 0.3 is 0 Å². The van der Waals surface area contributed by atoms with Crippen molar-refractivity contribution in [1.82, 2.24) is 5.32 Å². The molecule has 17 heavy (non-hydrogen) atoms. The summed E-state index contributed by atoms with van der Waals surface area (Å²) in [5, 5.41) is 11.7. The Morgan fingerprint density at radius 2 is 1.88 bits per heavy atom. The first kappa shape index (κ1) is 16.2. The van der Waals surface area contributed by atoms with Crippen LogP contribution in [0.5, 0.6) is 5.75 Å². The van der Waals surface area contributed by atoms with Crippen molar-refractivity contribution in [1.29, 1.82) is 0 Å². The van der Waals surface area contributed by atoms with Crippen molar-refractivity contribution in [3.63, 3.8) is 0 Å². The summed E-state index contributed by atoms with van der Waals surface area (Å²) in [4.78, 5) is 0. The second kappa shape index (κ2) is 10.4. The number of benzene rings is 1. The average Bonchev–Trinajstić information content (AvgIpc) is 2.34. The normalized spacial score (nSPS) is 9.76. The van der Waals surface area contributed by atoms with Gasteiger partial charge in [-0.25, -0.2) is 0 Å². The zero-order valence-corrected chi connectivity index (χ0v) is 10.8. The Balaban J connectivity index is 0.00000256. The molecule has 0 saturated heterocycles. The SMILES string of the molecule is COc1ccc(CNCCOCCO)cc1.Cl. The van der Waals surface area contributed by atoms with E-state index in [2.05, 4.69) is 5.32 Å². The van der Waals surface area contributed by atoms with Gasteiger partial charge in [-0.05, 0) is 17.7 Å². The Hall–Kier alpha value is -0.810. The van der Waals surface area contributed by atoms with Gasteiger partial charge in [0.2, 0.25) is 0 Å². The summed E-state index contributed by atoms with van der Waals surface area (Å²) < 4.78 is 10.2. The number of hydrogen-bond donors (Lipinski definition) is 2. The highest BCUT2D eigenvalue weighted by molar-refractivity contribution is 5.85. The minimum absolute atomic E-state index is 0. The number of hydrogen-bond acceptors (Lipinski definition) is 4. The maximum atomic E-state index is 8.49. The second-order valence-corrected chi connectivity index (χ2v) is 3.36. The van der Waals surface area contributed by atoms with Crippen LogP contribution >= 0.6 is 12.4 Å². The number of aliphatic hydroxyl groups excluding tert-OH is 1. The fourth-order valence-electron chi connectivity index (χ4n) is 1.29. The highest BCUT2D eigenvalue weighted by Gasteiger charge is 1.94. The molecule has 0 aromatic heterocycles. The number of aliphatic hydroxyl groups is 1. The van der Waals surface area contributed by atoms with E-state index in [4.69, 9.17) is 14.6 Å². The van der Waals surface area contributed by atoms with Gasteiger partial charge in [-0.1, -0.05) is 12.1 Å². The minimum Gasteiger partial charge on any atom is -0.497 e. The molecule has 0 spiro atoms.